The molecule has 1 aliphatic heterocycles. The first kappa shape index (κ1) is 18.4. The van der Waals surface area contributed by atoms with Gasteiger partial charge >= 0.3 is 0 Å². The minimum Gasteiger partial charge on any atom is -0.483 e. The van der Waals surface area contributed by atoms with E-state index in [1.54, 1.807) is 24.3 Å². The van der Waals surface area contributed by atoms with Crippen LogP contribution >= 0.6 is 0 Å². The second-order valence-electron chi connectivity index (χ2n) is 5.92. The number of nitrogens with one attached hydrogen (secondary N) is 1. The fourth-order valence-corrected chi connectivity index (χ4v) is 2.76. The number of hydrogen-bond donors (Lipinski definition) is 1. The van der Waals surface area contributed by atoms with E-state index in [2.05, 4.69) is 22.0 Å². The quantitative estimate of drug-likeness (QED) is 0.540. The average molecular weight is 333 g/mol. The molecule has 1 aromatic carbocycles. The van der Waals surface area contributed by atoms with E-state index in [-0.39, 0.29) is 12.5 Å². The maximum absolute atomic E-state index is 11.8. The standard InChI is InChI=1S/C18H27N3O3/c1-2-20-10-12-21(13-11-20)9-5-8-19-18(23)15-24-17-7-4-3-6-16(17)14-22/h3-4,6-7,14H,2,5,8-13,15H2,1H3,(H,19,23). The number of aldehydes is 1. The van der Waals surface area contributed by atoms with Crippen LogP contribution in [0.1, 0.15) is 23.7 Å². The van der Waals surface area contributed by atoms with Gasteiger partial charge in [0.1, 0.15) is 5.75 Å². The number of piperazine rings is 1. The number of benzene rings is 1. The first-order valence-electron chi connectivity index (χ1n) is 8.61. The topological polar surface area (TPSA) is 61.9 Å². The highest BCUT2D eigenvalue weighted by Gasteiger charge is 2.14. The molecule has 1 fully saturated rings. The first-order valence-corrected chi connectivity index (χ1v) is 8.61. The smallest absolute Gasteiger partial charge is 0.257 e. The summed E-state index contributed by atoms with van der Waals surface area (Å²) in [6, 6.07) is 6.89. The number of para-hydroxylation sites is 1. The van der Waals surface area contributed by atoms with Crippen molar-refractivity contribution in [3.63, 3.8) is 0 Å². The third-order valence-corrected chi connectivity index (χ3v) is 4.29. The highest BCUT2D eigenvalue weighted by Crippen LogP contribution is 2.15. The van der Waals surface area contributed by atoms with Gasteiger partial charge in [-0.2, -0.15) is 0 Å². The van der Waals surface area contributed by atoms with Crippen molar-refractivity contribution in [2.45, 2.75) is 13.3 Å². The molecule has 0 atom stereocenters. The number of carbonyl (C=O) groups excluding carboxylic acids is 2. The molecule has 1 aliphatic rings. The summed E-state index contributed by atoms with van der Waals surface area (Å²) in [5, 5.41) is 2.86. The van der Waals surface area contributed by atoms with Crippen molar-refractivity contribution in [2.24, 2.45) is 0 Å². The summed E-state index contributed by atoms with van der Waals surface area (Å²) in [4.78, 5) is 27.6. The maximum atomic E-state index is 11.8. The molecule has 0 unspecified atom stereocenters. The molecule has 0 aromatic heterocycles. The van der Waals surface area contributed by atoms with E-state index < -0.39 is 0 Å². The van der Waals surface area contributed by atoms with Crippen molar-refractivity contribution < 1.29 is 14.3 Å². The van der Waals surface area contributed by atoms with E-state index >= 15 is 0 Å². The molecular formula is C18H27N3O3. The predicted octanol–water partition coefficient (Wildman–Crippen LogP) is 1.02. The van der Waals surface area contributed by atoms with Gasteiger partial charge in [-0.3, -0.25) is 9.59 Å². The fraction of sp³-hybridized carbons (Fsp3) is 0.556. The van der Waals surface area contributed by atoms with E-state index in [4.69, 9.17) is 4.74 Å². The van der Waals surface area contributed by atoms with Gasteiger partial charge in [-0.15, -0.1) is 0 Å². The number of hydrogen-bond acceptors (Lipinski definition) is 5. The highest BCUT2D eigenvalue weighted by atomic mass is 16.5. The molecule has 2 rings (SSSR count). The Morgan fingerprint density at radius 2 is 1.92 bits per heavy atom. The number of ether oxygens (including phenoxy) is 1. The van der Waals surface area contributed by atoms with Gasteiger partial charge in [0.2, 0.25) is 0 Å². The van der Waals surface area contributed by atoms with Crippen molar-refractivity contribution in [3.05, 3.63) is 29.8 Å². The zero-order valence-corrected chi connectivity index (χ0v) is 14.4. The van der Waals surface area contributed by atoms with Crippen LogP contribution in [0, 0.1) is 0 Å². The van der Waals surface area contributed by atoms with Gasteiger partial charge in [0, 0.05) is 32.7 Å². The zero-order valence-electron chi connectivity index (χ0n) is 14.4. The van der Waals surface area contributed by atoms with Gasteiger partial charge in [-0.25, -0.2) is 0 Å². The van der Waals surface area contributed by atoms with Gasteiger partial charge in [0.15, 0.2) is 12.9 Å². The minimum absolute atomic E-state index is 0.0694. The van der Waals surface area contributed by atoms with E-state index in [0.29, 0.717) is 17.9 Å². The second kappa shape index (κ2) is 10.1. The van der Waals surface area contributed by atoms with Crippen LogP contribution in [0.2, 0.25) is 0 Å². The fourth-order valence-electron chi connectivity index (χ4n) is 2.76. The molecule has 24 heavy (non-hydrogen) atoms. The Balaban J connectivity index is 1.58. The zero-order chi connectivity index (χ0) is 17.2. The monoisotopic (exact) mass is 333 g/mol. The van der Waals surface area contributed by atoms with Crippen molar-refractivity contribution in [1.82, 2.24) is 15.1 Å². The van der Waals surface area contributed by atoms with Crippen LogP contribution in [0.25, 0.3) is 0 Å². The summed E-state index contributed by atoms with van der Waals surface area (Å²) < 4.78 is 5.40. The molecule has 1 amide bonds. The van der Waals surface area contributed by atoms with E-state index in [1.807, 2.05) is 0 Å². The highest BCUT2D eigenvalue weighted by molar-refractivity contribution is 5.80. The number of nitrogens with zero attached hydrogens (tertiary/aromatic N) is 2. The molecule has 1 aromatic rings. The van der Waals surface area contributed by atoms with Crippen LogP contribution in [-0.4, -0.2) is 74.4 Å². The molecule has 1 saturated heterocycles. The molecule has 6 heteroatoms. The molecule has 132 valence electrons. The molecule has 1 heterocycles. The molecular weight excluding hydrogens is 306 g/mol. The summed E-state index contributed by atoms with van der Waals surface area (Å²) >= 11 is 0. The Kier molecular flexibility index (Phi) is 7.71. The summed E-state index contributed by atoms with van der Waals surface area (Å²) in [6.07, 6.45) is 1.66. The lowest BCUT2D eigenvalue weighted by atomic mass is 10.2. The lowest BCUT2D eigenvalue weighted by Gasteiger charge is -2.33. The van der Waals surface area contributed by atoms with Gasteiger partial charge in [-0.05, 0) is 31.6 Å². The molecule has 0 aliphatic carbocycles. The van der Waals surface area contributed by atoms with Gasteiger partial charge in [-0.1, -0.05) is 19.1 Å². The van der Waals surface area contributed by atoms with Crippen LogP contribution in [-0.2, 0) is 4.79 Å². The van der Waals surface area contributed by atoms with Crippen LogP contribution in [0.4, 0.5) is 0 Å². The largest absolute Gasteiger partial charge is 0.483 e. The van der Waals surface area contributed by atoms with Crippen LogP contribution in [0.15, 0.2) is 24.3 Å². The van der Waals surface area contributed by atoms with Crippen molar-refractivity contribution in [2.75, 3.05) is 52.4 Å². The van der Waals surface area contributed by atoms with E-state index in [0.717, 1.165) is 52.0 Å². The molecule has 1 N–H and O–H groups in total. The van der Waals surface area contributed by atoms with Crippen LogP contribution < -0.4 is 10.1 Å². The Morgan fingerprint density at radius 1 is 1.21 bits per heavy atom. The van der Waals surface area contributed by atoms with E-state index in [9.17, 15) is 9.59 Å². The normalized spacial score (nSPS) is 15.9. The lowest BCUT2D eigenvalue weighted by Crippen LogP contribution is -2.46. The van der Waals surface area contributed by atoms with Crippen molar-refractivity contribution in [1.29, 1.82) is 0 Å². The third kappa shape index (κ3) is 5.94. The van der Waals surface area contributed by atoms with Crippen molar-refractivity contribution >= 4 is 12.2 Å². The van der Waals surface area contributed by atoms with Gasteiger partial charge < -0.3 is 19.9 Å². The van der Waals surface area contributed by atoms with Gasteiger partial charge in [0.25, 0.3) is 5.91 Å². The van der Waals surface area contributed by atoms with E-state index in [1.165, 1.54) is 0 Å². The minimum atomic E-state index is -0.161. The lowest BCUT2D eigenvalue weighted by molar-refractivity contribution is -0.123. The molecule has 0 spiro atoms. The number of likely N-dealkylation sites (N-methyl/N-ethyl adjacent to an activating group) is 1. The number of rotatable bonds is 9. The average Bonchev–Trinajstić information content (AvgIpc) is 2.64. The van der Waals surface area contributed by atoms with Crippen LogP contribution in [0.3, 0.4) is 0 Å². The third-order valence-electron chi connectivity index (χ3n) is 4.29. The first-order chi connectivity index (χ1) is 11.7. The Bertz CT molecular complexity index is 528. The molecule has 0 saturated carbocycles. The predicted molar refractivity (Wildman–Crippen MR) is 93.5 cm³/mol. The number of amides is 1. The summed E-state index contributed by atoms with van der Waals surface area (Å²) in [5.74, 6) is 0.281. The number of carbonyl (C=O) groups is 2. The molecule has 0 bridgehead atoms. The molecule has 6 nitrogen and oxygen atoms in total. The molecule has 0 radical (unpaired) electrons. The maximum Gasteiger partial charge on any atom is 0.257 e. The van der Waals surface area contributed by atoms with Crippen molar-refractivity contribution in [3.8, 4) is 5.75 Å². The second-order valence-corrected chi connectivity index (χ2v) is 5.92. The summed E-state index contributed by atoms with van der Waals surface area (Å²) in [6.45, 7) is 9.37. The SMILES string of the molecule is CCN1CCN(CCCNC(=O)COc2ccccc2C=O)CC1. The van der Waals surface area contributed by atoms with Crippen LogP contribution in [0.5, 0.6) is 5.75 Å². The summed E-state index contributed by atoms with van der Waals surface area (Å²) in [7, 11) is 0. The van der Waals surface area contributed by atoms with Gasteiger partial charge in [0.05, 0.1) is 5.56 Å². The Morgan fingerprint density at radius 3 is 2.62 bits per heavy atom. The Labute approximate surface area is 143 Å². The Hall–Kier alpha value is -1.92. The summed E-state index contributed by atoms with van der Waals surface area (Å²) in [5.41, 5.74) is 0.455.